The predicted molar refractivity (Wildman–Crippen MR) is 80.5 cm³/mol. The molecule has 1 aliphatic rings. The summed E-state index contributed by atoms with van der Waals surface area (Å²) in [7, 11) is 3.83. The van der Waals surface area contributed by atoms with E-state index in [1.165, 1.54) is 6.42 Å². The molecule has 0 radical (unpaired) electrons. The van der Waals surface area contributed by atoms with Gasteiger partial charge in [-0.3, -0.25) is 4.99 Å². The molecule has 1 saturated heterocycles. The number of guanidine groups is 1. The van der Waals surface area contributed by atoms with Crippen LogP contribution in [-0.2, 0) is 13.6 Å². The number of rotatable bonds is 2. The molecule has 0 aromatic carbocycles. The molecular formula is C14H26N6. The number of aliphatic imine (C=N–C) groups is 1. The largest absolute Gasteiger partial charge is 0.349 e. The van der Waals surface area contributed by atoms with Gasteiger partial charge >= 0.3 is 0 Å². The van der Waals surface area contributed by atoms with Crippen molar-refractivity contribution in [2.75, 3.05) is 20.1 Å². The van der Waals surface area contributed by atoms with E-state index in [4.69, 9.17) is 0 Å². The number of nitrogens with zero attached hydrogens (tertiary/aromatic N) is 5. The topological polar surface area (TPSA) is 58.3 Å². The smallest absolute Gasteiger partial charge is 0.194 e. The summed E-state index contributed by atoms with van der Waals surface area (Å²) >= 11 is 0. The van der Waals surface area contributed by atoms with Gasteiger partial charge in [0.2, 0.25) is 0 Å². The predicted octanol–water partition coefficient (Wildman–Crippen LogP) is 1.18. The van der Waals surface area contributed by atoms with Crippen molar-refractivity contribution in [3.8, 4) is 0 Å². The molecule has 20 heavy (non-hydrogen) atoms. The van der Waals surface area contributed by atoms with E-state index in [9.17, 15) is 0 Å². The number of aryl methyl sites for hydroxylation is 1. The molecular weight excluding hydrogens is 252 g/mol. The first-order chi connectivity index (χ1) is 9.51. The summed E-state index contributed by atoms with van der Waals surface area (Å²) in [6.07, 6.45) is 1.30. The molecule has 2 unspecified atom stereocenters. The highest BCUT2D eigenvalue weighted by atomic mass is 15.3. The highest BCUT2D eigenvalue weighted by molar-refractivity contribution is 5.79. The highest BCUT2D eigenvalue weighted by Crippen LogP contribution is 2.20. The molecule has 112 valence electrons. The molecule has 6 heteroatoms. The third-order valence-electron chi connectivity index (χ3n) is 3.97. The van der Waals surface area contributed by atoms with E-state index in [-0.39, 0.29) is 0 Å². The molecule has 0 amide bonds. The number of likely N-dealkylation sites (tertiary alicyclic amines) is 1. The van der Waals surface area contributed by atoms with E-state index in [1.54, 1.807) is 0 Å². The molecule has 1 aromatic rings. The standard InChI is InChI=1S/C14H26N6/c1-10-6-11(2)9-20(8-10)14(15-4)16-7-13-18-17-12(3)19(13)5/h10-11H,6-9H2,1-5H3,(H,15,16). The zero-order valence-corrected chi connectivity index (χ0v) is 13.2. The quantitative estimate of drug-likeness (QED) is 0.652. The van der Waals surface area contributed by atoms with Gasteiger partial charge in [-0.15, -0.1) is 10.2 Å². The Hall–Kier alpha value is -1.59. The highest BCUT2D eigenvalue weighted by Gasteiger charge is 2.24. The zero-order valence-electron chi connectivity index (χ0n) is 13.2. The van der Waals surface area contributed by atoms with Gasteiger partial charge < -0.3 is 14.8 Å². The molecule has 1 fully saturated rings. The van der Waals surface area contributed by atoms with E-state index < -0.39 is 0 Å². The second-order valence-electron chi connectivity index (χ2n) is 5.97. The zero-order chi connectivity index (χ0) is 14.7. The van der Waals surface area contributed by atoms with Crippen molar-refractivity contribution in [2.24, 2.45) is 23.9 Å². The van der Waals surface area contributed by atoms with Gasteiger partial charge in [0.05, 0.1) is 6.54 Å². The fourth-order valence-electron chi connectivity index (χ4n) is 2.93. The monoisotopic (exact) mass is 278 g/mol. The Labute approximate surface area is 121 Å². The van der Waals surface area contributed by atoms with Crippen molar-refractivity contribution in [3.05, 3.63) is 11.6 Å². The number of piperidine rings is 1. The number of hydrogen-bond donors (Lipinski definition) is 1. The summed E-state index contributed by atoms with van der Waals surface area (Å²) in [4.78, 5) is 6.76. The third kappa shape index (κ3) is 3.29. The normalized spacial score (nSPS) is 24.1. The lowest BCUT2D eigenvalue weighted by atomic mass is 9.92. The van der Waals surface area contributed by atoms with Crippen LogP contribution in [0.5, 0.6) is 0 Å². The summed E-state index contributed by atoms with van der Waals surface area (Å²) in [5, 5.41) is 11.7. The maximum Gasteiger partial charge on any atom is 0.194 e. The lowest BCUT2D eigenvalue weighted by Gasteiger charge is -2.37. The first kappa shape index (κ1) is 14.8. The van der Waals surface area contributed by atoms with Crippen LogP contribution in [0.4, 0.5) is 0 Å². The first-order valence-corrected chi connectivity index (χ1v) is 7.31. The molecule has 0 spiro atoms. The van der Waals surface area contributed by atoms with Crippen molar-refractivity contribution in [3.63, 3.8) is 0 Å². The molecule has 0 saturated carbocycles. The van der Waals surface area contributed by atoms with Gasteiger partial charge in [-0.05, 0) is 25.2 Å². The Morgan fingerprint density at radius 2 is 1.95 bits per heavy atom. The summed E-state index contributed by atoms with van der Waals surface area (Å²) in [6.45, 7) is 9.37. The SMILES string of the molecule is CN=C(NCc1nnc(C)n1C)N1CC(C)CC(C)C1. The Morgan fingerprint density at radius 1 is 1.30 bits per heavy atom. The summed E-state index contributed by atoms with van der Waals surface area (Å²) in [5.74, 6) is 4.26. The maximum absolute atomic E-state index is 4.41. The lowest BCUT2D eigenvalue weighted by Crippen LogP contribution is -2.48. The Bertz CT molecular complexity index is 468. The maximum atomic E-state index is 4.41. The van der Waals surface area contributed by atoms with Crippen LogP contribution in [0, 0.1) is 18.8 Å². The molecule has 2 heterocycles. The van der Waals surface area contributed by atoms with Crippen LogP contribution in [0.2, 0.25) is 0 Å². The molecule has 2 rings (SSSR count). The molecule has 1 N–H and O–H groups in total. The summed E-state index contributed by atoms with van der Waals surface area (Å²) < 4.78 is 2.00. The van der Waals surface area contributed by atoms with E-state index >= 15 is 0 Å². The van der Waals surface area contributed by atoms with E-state index in [1.807, 2.05) is 25.6 Å². The van der Waals surface area contributed by atoms with Gasteiger partial charge in [0.1, 0.15) is 5.82 Å². The Kier molecular flexibility index (Phi) is 4.62. The van der Waals surface area contributed by atoms with E-state index in [0.717, 1.165) is 42.5 Å². The van der Waals surface area contributed by atoms with Crippen molar-refractivity contribution in [1.82, 2.24) is 25.0 Å². The van der Waals surface area contributed by atoms with Crippen molar-refractivity contribution < 1.29 is 0 Å². The van der Waals surface area contributed by atoms with E-state index in [0.29, 0.717) is 6.54 Å². The first-order valence-electron chi connectivity index (χ1n) is 7.31. The van der Waals surface area contributed by atoms with Crippen molar-refractivity contribution in [1.29, 1.82) is 0 Å². The fourth-order valence-corrected chi connectivity index (χ4v) is 2.93. The second-order valence-corrected chi connectivity index (χ2v) is 5.97. The van der Waals surface area contributed by atoms with Crippen LogP contribution in [-0.4, -0.2) is 45.8 Å². The van der Waals surface area contributed by atoms with Crippen LogP contribution in [0.1, 0.15) is 31.9 Å². The van der Waals surface area contributed by atoms with Gasteiger partial charge in [-0.2, -0.15) is 0 Å². The summed E-state index contributed by atoms with van der Waals surface area (Å²) in [6, 6.07) is 0. The van der Waals surface area contributed by atoms with Gasteiger partial charge in [0.15, 0.2) is 11.8 Å². The van der Waals surface area contributed by atoms with Gasteiger partial charge in [0.25, 0.3) is 0 Å². The van der Waals surface area contributed by atoms with Crippen LogP contribution in [0.25, 0.3) is 0 Å². The molecule has 1 aromatic heterocycles. The third-order valence-corrected chi connectivity index (χ3v) is 3.97. The minimum absolute atomic E-state index is 0.656. The molecule has 0 bridgehead atoms. The van der Waals surface area contributed by atoms with Crippen LogP contribution < -0.4 is 5.32 Å². The lowest BCUT2D eigenvalue weighted by molar-refractivity contribution is 0.208. The molecule has 1 aliphatic heterocycles. The van der Waals surface area contributed by atoms with Crippen molar-refractivity contribution in [2.45, 2.75) is 33.7 Å². The van der Waals surface area contributed by atoms with E-state index in [2.05, 4.69) is 39.3 Å². The van der Waals surface area contributed by atoms with Crippen LogP contribution >= 0.6 is 0 Å². The average Bonchev–Trinajstić information content (AvgIpc) is 2.70. The fraction of sp³-hybridized carbons (Fsp3) is 0.786. The van der Waals surface area contributed by atoms with Gasteiger partial charge in [-0.1, -0.05) is 13.8 Å². The van der Waals surface area contributed by atoms with Gasteiger partial charge in [0, 0.05) is 27.2 Å². The number of hydrogen-bond acceptors (Lipinski definition) is 3. The van der Waals surface area contributed by atoms with Crippen LogP contribution in [0.15, 0.2) is 4.99 Å². The second kappa shape index (κ2) is 6.24. The Balaban J connectivity index is 1.97. The molecule has 0 aliphatic carbocycles. The van der Waals surface area contributed by atoms with Crippen molar-refractivity contribution >= 4 is 5.96 Å². The molecule has 6 nitrogen and oxygen atoms in total. The number of nitrogens with one attached hydrogen (secondary N) is 1. The number of aromatic nitrogens is 3. The summed E-state index contributed by atoms with van der Waals surface area (Å²) in [5.41, 5.74) is 0. The molecule has 2 atom stereocenters. The van der Waals surface area contributed by atoms with Gasteiger partial charge in [-0.25, -0.2) is 0 Å². The Morgan fingerprint density at radius 3 is 2.45 bits per heavy atom. The minimum Gasteiger partial charge on any atom is -0.349 e. The minimum atomic E-state index is 0.656. The average molecular weight is 278 g/mol. The van der Waals surface area contributed by atoms with Crippen LogP contribution in [0.3, 0.4) is 0 Å².